The summed E-state index contributed by atoms with van der Waals surface area (Å²) in [6.45, 7) is 2.08. The molecule has 0 atom stereocenters. The third-order valence-corrected chi connectivity index (χ3v) is 3.58. The van der Waals surface area contributed by atoms with Gasteiger partial charge in [-0.15, -0.1) is 0 Å². The van der Waals surface area contributed by atoms with Crippen molar-refractivity contribution < 1.29 is 0 Å². The number of hydrogen-bond donors (Lipinski definition) is 1. The van der Waals surface area contributed by atoms with Gasteiger partial charge in [0, 0.05) is 6.42 Å². The first kappa shape index (κ1) is 12.8. The van der Waals surface area contributed by atoms with Crippen molar-refractivity contribution in [2.75, 3.05) is 0 Å². The number of aromatic amines is 1. The molecule has 1 N–H and O–H groups in total. The maximum absolute atomic E-state index is 5.38. The predicted octanol–water partition coefficient (Wildman–Crippen LogP) is 3.83. The topological polar surface area (TPSA) is 33.6 Å². The number of nitrogens with zero attached hydrogens (tertiary/aromatic N) is 2. The van der Waals surface area contributed by atoms with Crippen LogP contribution in [-0.2, 0) is 6.42 Å². The van der Waals surface area contributed by atoms with Crippen molar-refractivity contribution >= 4 is 12.2 Å². The summed E-state index contributed by atoms with van der Waals surface area (Å²) in [4.78, 5) is 0. The van der Waals surface area contributed by atoms with Crippen LogP contribution in [0.3, 0.4) is 0 Å². The second kappa shape index (κ2) is 5.43. The van der Waals surface area contributed by atoms with Crippen molar-refractivity contribution in [2.24, 2.45) is 0 Å². The Kier molecular flexibility index (Phi) is 3.48. The van der Waals surface area contributed by atoms with Gasteiger partial charge in [0.2, 0.25) is 0 Å². The fourth-order valence-electron chi connectivity index (χ4n) is 2.29. The molecule has 3 nitrogen and oxygen atoms in total. The molecule has 3 aromatic rings. The predicted molar refractivity (Wildman–Crippen MR) is 82.7 cm³/mol. The van der Waals surface area contributed by atoms with Crippen LogP contribution in [0.5, 0.6) is 0 Å². The van der Waals surface area contributed by atoms with Gasteiger partial charge in [0.25, 0.3) is 0 Å². The molecule has 0 aliphatic heterocycles. The minimum atomic E-state index is 0.630. The van der Waals surface area contributed by atoms with E-state index in [0.717, 1.165) is 17.9 Å². The molecule has 20 heavy (non-hydrogen) atoms. The molecule has 1 aromatic heterocycles. The Morgan fingerprint density at radius 3 is 2.50 bits per heavy atom. The first-order valence-electron chi connectivity index (χ1n) is 6.52. The third kappa shape index (κ3) is 2.42. The second-order valence-electron chi connectivity index (χ2n) is 4.73. The molecule has 0 bridgehead atoms. The largest absolute Gasteiger partial charge is 0.272 e. The van der Waals surface area contributed by atoms with E-state index in [2.05, 4.69) is 41.4 Å². The van der Waals surface area contributed by atoms with Gasteiger partial charge in [0.05, 0.1) is 5.69 Å². The van der Waals surface area contributed by atoms with E-state index in [9.17, 15) is 0 Å². The molecule has 0 unspecified atom stereocenters. The zero-order valence-electron chi connectivity index (χ0n) is 11.2. The monoisotopic (exact) mass is 281 g/mol. The van der Waals surface area contributed by atoms with E-state index in [1.54, 1.807) is 0 Å². The minimum absolute atomic E-state index is 0.630. The van der Waals surface area contributed by atoms with E-state index in [0.29, 0.717) is 4.77 Å². The summed E-state index contributed by atoms with van der Waals surface area (Å²) in [6, 6.07) is 18.5. The van der Waals surface area contributed by atoms with E-state index in [4.69, 9.17) is 12.2 Å². The van der Waals surface area contributed by atoms with Gasteiger partial charge in [0.15, 0.2) is 4.77 Å². The molecular formula is C16H15N3S. The number of para-hydroxylation sites is 1. The Bertz CT molecular complexity index is 772. The molecule has 2 aromatic carbocycles. The molecule has 4 heteroatoms. The van der Waals surface area contributed by atoms with Crippen LogP contribution in [0.4, 0.5) is 0 Å². The molecule has 0 saturated heterocycles. The summed E-state index contributed by atoms with van der Waals surface area (Å²) in [5, 5.41) is 7.27. The highest BCUT2D eigenvalue weighted by atomic mass is 32.1. The summed E-state index contributed by atoms with van der Waals surface area (Å²) in [5.41, 5.74) is 3.48. The van der Waals surface area contributed by atoms with Crippen LogP contribution in [0.1, 0.15) is 17.0 Å². The summed E-state index contributed by atoms with van der Waals surface area (Å²) < 4.78 is 2.64. The Morgan fingerprint density at radius 1 is 1.05 bits per heavy atom. The first-order chi connectivity index (χ1) is 9.75. The molecule has 0 aliphatic carbocycles. The highest BCUT2D eigenvalue weighted by molar-refractivity contribution is 7.71. The molecule has 0 aliphatic rings. The first-order valence-corrected chi connectivity index (χ1v) is 6.93. The van der Waals surface area contributed by atoms with E-state index in [1.807, 2.05) is 34.9 Å². The number of aryl methyl sites for hydroxylation is 1. The smallest absolute Gasteiger partial charge is 0.199 e. The average Bonchev–Trinajstić information content (AvgIpc) is 2.82. The van der Waals surface area contributed by atoms with Crippen molar-refractivity contribution in [3.63, 3.8) is 0 Å². The summed E-state index contributed by atoms with van der Waals surface area (Å²) in [5.74, 6) is 0.926. The van der Waals surface area contributed by atoms with Crippen molar-refractivity contribution in [3.05, 3.63) is 76.3 Å². The molecule has 0 amide bonds. The van der Waals surface area contributed by atoms with E-state index in [-0.39, 0.29) is 0 Å². The van der Waals surface area contributed by atoms with Crippen LogP contribution < -0.4 is 0 Å². The lowest BCUT2D eigenvalue weighted by Crippen LogP contribution is -2.04. The number of aromatic nitrogens is 3. The Morgan fingerprint density at radius 2 is 1.75 bits per heavy atom. The molecule has 3 rings (SSSR count). The van der Waals surface area contributed by atoms with Gasteiger partial charge in [-0.3, -0.25) is 9.67 Å². The lowest BCUT2D eigenvalue weighted by atomic mass is 10.1. The third-order valence-electron chi connectivity index (χ3n) is 3.30. The van der Waals surface area contributed by atoms with E-state index in [1.165, 1.54) is 11.1 Å². The van der Waals surface area contributed by atoms with Gasteiger partial charge in [0.1, 0.15) is 5.82 Å². The SMILES string of the molecule is Cc1ccccc1-n1c(Cc2ccccc2)n[nH]c1=S. The Balaban J connectivity index is 2.07. The highest BCUT2D eigenvalue weighted by Gasteiger charge is 2.10. The van der Waals surface area contributed by atoms with Crippen LogP contribution in [-0.4, -0.2) is 14.8 Å². The molecule has 0 radical (unpaired) electrons. The lowest BCUT2D eigenvalue weighted by Gasteiger charge is -2.09. The zero-order valence-corrected chi connectivity index (χ0v) is 12.0. The molecule has 100 valence electrons. The van der Waals surface area contributed by atoms with Crippen LogP contribution in [0.25, 0.3) is 5.69 Å². The van der Waals surface area contributed by atoms with Crippen LogP contribution in [0.15, 0.2) is 54.6 Å². The van der Waals surface area contributed by atoms with Gasteiger partial charge in [-0.05, 0) is 36.3 Å². The number of rotatable bonds is 3. The highest BCUT2D eigenvalue weighted by Crippen LogP contribution is 2.17. The summed E-state index contributed by atoms with van der Waals surface area (Å²) >= 11 is 5.38. The molecule has 0 saturated carbocycles. The lowest BCUT2D eigenvalue weighted by molar-refractivity contribution is 0.897. The quantitative estimate of drug-likeness (QED) is 0.740. The normalized spacial score (nSPS) is 10.7. The zero-order chi connectivity index (χ0) is 13.9. The number of hydrogen-bond acceptors (Lipinski definition) is 2. The molecule has 0 spiro atoms. The van der Waals surface area contributed by atoms with Crippen molar-refractivity contribution in [2.45, 2.75) is 13.3 Å². The van der Waals surface area contributed by atoms with Crippen molar-refractivity contribution in [1.29, 1.82) is 0 Å². The fraction of sp³-hybridized carbons (Fsp3) is 0.125. The molecule has 1 heterocycles. The van der Waals surface area contributed by atoms with E-state index < -0.39 is 0 Å². The Labute approximate surface area is 122 Å². The summed E-state index contributed by atoms with van der Waals surface area (Å²) in [6.07, 6.45) is 0.752. The number of benzene rings is 2. The van der Waals surface area contributed by atoms with Gasteiger partial charge < -0.3 is 0 Å². The van der Waals surface area contributed by atoms with Crippen molar-refractivity contribution in [3.8, 4) is 5.69 Å². The van der Waals surface area contributed by atoms with Crippen LogP contribution >= 0.6 is 12.2 Å². The summed E-state index contributed by atoms with van der Waals surface area (Å²) in [7, 11) is 0. The van der Waals surface area contributed by atoms with Gasteiger partial charge in [-0.1, -0.05) is 48.5 Å². The number of H-pyrrole nitrogens is 1. The Hall–Kier alpha value is -2.20. The maximum atomic E-state index is 5.38. The maximum Gasteiger partial charge on any atom is 0.199 e. The minimum Gasteiger partial charge on any atom is -0.272 e. The number of nitrogens with one attached hydrogen (secondary N) is 1. The molecular weight excluding hydrogens is 266 g/mol. The van der Waals surface area contributed by atoms with Crippen molar-refractivity contribution in [1.82, 2.24) is 14.8 Å². The van der Waals surface area contributed by atoms with E-state index >= 15 is 0 Å². The molecule has 0 fully saturated rings. The fourth-order valence-corrected chi connectivity index (χ4v) is 2.54. The van der Waals surface area contributed by atoms with Crippen LogP contribution in [0, 0.1) is 11.7 Å². The average molecular weight is 281 g/mol. The van der Waals surface area contributed by atoms with Crippen LogP contribution in [0.2, 0.25) is 0 Å². The second-order valence-corrected chi connectivity index (χ2v) is 5.12. The van der Waals surface area contributed by atoms with Gasteiger partial charge in [-0.2, -0.15) is 5.10 Å². The van der Waals surface area contributed by atoms with Gasteiger partial charge in [-0.25, -0.2) is 0 Å². The standard InChI is InChI=1S/C16H15N3S/c1-12-7-5-6-10-14(12)19-15(17-18-16(19)20)11-13-8-3-2-4-9-13/h2-10H,11H2,1H3,(H,18,20). The van der Waals surface area contributed by atoms with Gasteiger partial charge >= 0.3 is 0 Å².